The predicted octanol–water partition coefficient (Wildman–Crippen LogP) is 3.64. The van der Waals surface area contributed by atoms with E-state index in [1.165, 1.54) is 0 Å². The molecular weight excluding hydrogens is 242 g/mol. The van der Waals surface area contributed by atoms with Crippen LogP contribution >= 0.6 is 11.3 Å². The Morgan fingerprint density at radius 3 is 2.67 bits per heavy atom. The predicted molar refractivity (Wildman–Crippen MR) is 76.4 cm³/mol. The van der Waals surface area contributed by atoms with Gasteiger partial charge in [0.2, 0.25) is 5.91 Å². The molecule has 92 valence electrons. The summed E-state index contributed by atoms with van der Waals surface area (Å²) in [5, 5.41) is 4.93. The number of thiophene rings is 1. The molecule has 1 N–H and O–H groups in total. The normalized spacial score (nSPS) is 12.5. The fourth-order valence-electron chi connectivity index (χ4n) is 1.63. The van der Waals surface area contributed by atoms with Crippen LogP contribution in [0.5, 0.6) is 0 Å². The van der Waals surface area contributed by atoms with Gasteiger partial charge in [0, 0.05) is 11.0 Å². The summed E-state index contributed by atoms with van der Waals surface area (Å²) < 4.78 is 0. The molecule has 0 aliphatic carbocycles. The van der Waals surface area contributed by atoms with Crippen molar-refractivity contribution in [2.24, 2.45) is 0 Å². The highest BCUT2D eigenvalue weighted by atomic mass is 32.1. The summed E-state index contributed by atoms with van der Waals surface area (Å²) in [5.41, 5.74) is 1.11. The molecule has 3 heteroatoms. The Labute approximate surface area is 111 Å². The minimum absolute atomic E-state index is 0.0201. The SMILES string of the molecule is C[C@H](NC(=O)/C=C/c1cccs1)c1ccccc1. The molecule has 0 fully saturated rings. The van der Waals surface area contributed by atoms with Gasteiger partial charge in [-0.2, -0.15) is 0 Å². The zero-order valence-electron chi connectivity index (χ0n) is 10.2. The summed E-state index contributed by atoms with van der Waals surface area (Å²) in [6.07, 6.45) is 3.41. The van der Waals surface area contributed by atoms with Crippen LogP contribution < -0.4 is 5.32 Å². The van der Waals surface area contributed by atoms with Crippen molar-refractivity contribution in [3.63, 3.8) is 0 Å². The topological polar surface area (TPSA) is 29.1 Å². The lowest BCUT2D eigenvalue weighted by molar-refractivity contribution is -0.117. The van der Waals surface area contributed by atoms with Gasteiger partial charge in [-0.05, 0) is 30.0 Å². The molecule has 0 saturated heterocycles. The van der Waals surface area contributed by atoms with Gasteiger partial charge >= 0.3 is 0 Å². The van der Waals surface area contributed by atoms with E-state index in [9.17, 15) is 4.79 Å². The molecule has 0 aliphatic rings. The van der Waals surface area contributed by atoms with Gasteiger partial charge in [0.1, 0.15) is 0 Å². The molecule has 0 unspecified atom stereocenters. The molecule has 1 heterocycles. The highest BCUT2D eigenvalue weighted by Crippen LogP contribution is 2.12. The van der Waals surface area contributed by atoms with E-state index in [-0.39, 0.29) is 11.9 Å². The maximum Gasteiger partial charge on any atom is 0.244 e. The van der Waals surface area contributed by atoms with Gasteiger partial charge in [0.15, 0.2) is 0 Å². The van der Waals surface area contributed by atoms with Crippen molar-refractivity contribution < 1.29 is 4.79 Å². The molecule has 2 aromatic rings. The van der Waals surface area contributed by atoms with Gasteiger partial charge in [0.25, 0.3) is 0 Å². The first kappa shape index (κ1) is 12.6. The molecule has 18 heavy (non-hydrogen) atoms. The average molecular weight is 257 g/mol. The summed E-state index contributed by atoms with van der Waals surface area (Å²) in [5.74, 6) is -0.0697. The van der Waals surface area contributed by atoms with Gasteiger partial charge in [-0.15, -0.1) is 11.3 Å². The molecule has 0 aliphatic heterocycles. The van der Waals surface area contributed by atoms with Gasteiger partial charge < -0.3 is 5.32 Å². The Kier molecular flexibility index (Phi) is 4.31. The van der Waals surface area contributed by atoms with Gasteiger partial charge in [0.05, 0.1) is 6.04 Å². The van der Waals surface area contributed by atoms with E-state index in [2.05, 4.69) is 5.32 Å². The van der Waals surface area contributed by atoms with Crippen LogP contribution in [0.3, 0.4) is 0 Å². The molecule has 1 amide bonds. The lowest BCUT2D eigenvalue weighted by atomic mass is 10.1. The fraction of sp³-hybridized carbons (Fsp3) is 0.133. The summed E-state index contributed by atoms with van der Waals surface area (Å²) in [7, 11) is 0. The molecule has 0 saturated carbocycles. The number of carbonyl (C=O) groups excluding carboxylic acids is 1. The van der Waals surface area contributed by atoms with Gasteiger partial charge in [-0.1, -0.05) is 36.4 Å². The highest BCUT2D eigenvalue weighted by molar-refractivity contribution is 7.10. The van der Waals surface area contributed by atoms with Crippen LogP contribution in [0, 0.1) is 0 Å². The molecule has 2 rings (SSSR count). The lowest BCUT2D eigenvalue weighted by Gasteiger charge is -2.12. The van der Waals surface area contributed by atoms with E-state index in [0.29, 0.717) is 0 Å². The quantitative estimate of drug-likeness (QED) is 0.832. The second kappa shape index (κ2) is 6.17. The summed E-state index contributed by atoms with van der Waals surface area (Å²) in [6.45, 7) is 1.98. The van der Waals surface area contributed by atoms with Crippen molar-refractivity contribution in [2.45, 2.75) is 13.0 Å². The van der Waals surface area contributed by atoms with Crippen LogP contribution in [0.15, 0.2) is 53.9 Å². The Bertz CT molecular complexity index is 517. The van der Waals surface area contributed by atoms with Crippen LogP contribution in [0.2, 0.25) is 0 Å². The summed E-state index contributed by atoms with van der Waals surface area (Å²) >= 11 is 1.61. The molecule has 0 spiro atoms. The second-order valence-electron chi connectivity index (χ2n) is 3.99. The number of benzene rings is 1. The summed E-state index contributed by atoms with van der Waals surface area (Å²) in [6, 6.07) is 13.9. The molecule has 0 bridgehead atoms. The van der Waals surface area contributed by atoms with Gasteiger partial charge in [-0.25, -0.2) is 0 Å². The lowest BCUT2D eigenvalue weighted by Crippen LogP contribution is -2.24. The van der Waals surface area contributed by atoms with Crippen molar-refractivity contribution in [3.8, 4) is 0 Å². The monoisotopic (exact) mass is 257 g/mol. The smallest absolute Gasteiger partial charge is 0.244 e. The van der Waals surface area contributed by atoms with E-state index in [0.717, 1.165) is 10.4 Å². The fourth-order valence-corrected chi connectivity index (χ4v) is 2.25. The zero-order chi connectivity index (χ0) is 12.8. The minimum atomic E-state index is -0.0697. The summed E-state index contributed by atoms with van der Waals surface area (Å²) in [4.78, 5) is 12.8. The maximum absolute atomic E-state index is 11.7. The largest absolute Gasteiger partial charge is 0.346 e. The van der Waals surface area contributed by atoms with E-state index >= 15 is 0 Å². The number of amides is 1. The maximum atomic E-state index is 11.7. The van der Waals surface area contributed by atoms with Gasteiger partial charge in [-0.3, -0.25) is 4.79 Å². The van der Waals surface area contributed by atoms with Crippen molar-refractivity contribution in [2.75, 3.05) is 0 Å². The third-order valence-corrected chi connectivity index (χ3v) is 3.44. The molecule has 1 aromatic carbocycles. The average Bonchev–Trinajstić information content (AvgIpc) is 2.90. The molecule has 2 nitrogen and oxygen atoms in total. The minimum Gasteiger partial charge on any atom is -0.346 e. The van der Waals surface area contributed by atoms with Crippen molar-refractivity contribution in [1.29, 1.82) is 0 Å². The second-order valence-corrected chi connectivity index (χ2v) is 4.97. The highest BCUT2D eigenvalue weighted by Gasteiger charge is 2.06. The first-order valence-corrected chi connectivity index (χ1v) is 6.71. The standard InChI is InChI=1S/C15H15NOS/c1-12(13-6-3-2-4-7-13)16-15(17)10-9-14-8-5-11-18-14/h2-12H,1H3,(H,16,17)/b10-9+/t12-/m0/s1. The third kappa shape index (κ3) is 3.57. The number of nitrogens with one attached hydrogen (secondary N) is 1. The molecule has 1 aromatic heterocycles. The van der Waals surface area contributed by atoms with Crippen molar-refractivity contribution in [3.05, 3.63) is 64.4 Å². The van der Waals surface area contributed by atoms with Crippen LogP contribution in [0.25, 0.3) is 6.08 Å². The molecular formula is C15H15NOS. The van der Waals surface area contributed by atoms with Crippen LogP contribution in [-0.4, -0.2) is 5.91 Å². The molecule has 1 atom stereocenters. The van der Waals surface area contributed by atoms with Crippen LogP contribution in [0.1, 0.15) is 23.4 Å². The van der Waals surface area contributed by atoms with E-state index in [1.807, 2.05) is 60.8 Å². The first-order chi connectivity index (χ1) is 8.75. The molecule has 0 radical (unpaired) electrons. The van der Waals surface area contributed by atoms with E-state index in [1.54, 1.807) is 17.4 Å². The Morgan fingerprint density at radius 2 is 2.00 bits per heavy atom. The number of carbonyl (C=O) groups is 1. The zero-order valence-corrected chi connectivity index (χ0v) is 11.0. The Morgan fingerprint density at radius 1 is 1.22 bits per heavy atom. The van der Waals surface area contributed by atoms with Crippen molar-refractivity contribution in [1.82, 2.24) is 5.32 Å². The van der Waals surface area contributed by atoms with Crippen LogP contribution in [0.4, 0.5) is 0 Å². The third-order valence-electron chi connectivity index (χ3n) is 2.60. The number of hydrogen-bond acceptors (Lipinski definition) is 2. The number of rotatable bonds is 4. The van der Waals surface area contributed by atoms with E-state index < -0.39 is 0 Å². The van der Waals surface area contributed by atoms with E-state index in [4.69, 9.17) is 0 Å². The van der Waals surface area contributed by atoms with Crippen LogP contribution in [-0.2, 0) is 4.79 Å². The Balaban J connectivity index is 1.92. The van der Waals surface area contributed by atoms with Crippen molar-refractivity contribution >= 4 is 23.3 Å². The number of hydrogen-bond donors (Lipinski definition) is 1. The first-order valence-electron chi connectivity index (χ1n) is 5.83. The Hall–Kier alpha value is -1.87.